The number of rotatable bonds is 2. The van der Waals surface area contributed by atoms with Gasteiger partial charge in [0.25, 0.3) is 0 Å². The summed E-state index contributed by atoms with van der Waals surface area (Å²) in [6.45, 7) is 1.94. The lowest BCUT2D eigenvalue weighted by Crippen LogP contribution is -2.26. The highest BCUT2D eigenvalue weighted by Gasteiger charge is 2.17. The lowest BCUT2D eigenvalue weighted by Gasteiger charge is -2.23. The number of nitrogen functional groups attached to an aromatic ring is 1. The quantitative estimate of drug-likeness (QED) is 0.804. The topological polar surface area (TPSA) is 55.9 Å². The maximum absolute atomic E-state index is 5.97. The van der Waals surface area contributed by atoms with E-state index in [0.29, 0.717) is 6.04 Å². The normalized spacial score (nSPS) is 18.0. The predicted octanol–water partition coefficient (Wildman–Crippen LogP) is 1.62. The second-order valence-corrected chi connectivity index (χ2v) is 5.23. The van der Waals surface area contributed by atoms with Gasteiger partial charge in [0.15, 0.2) is 0 Å². The minimum Gasteiger partial charge on any atom is -0.394 e. The third-order valence-corrected chi connectivity index (χ3v) is 3.88. The van der Waals surface area contributed by atoms with Crippen molar-refractivity contribution in [1.29, 1.82) is 0 Å². The number of nitrogens with zero attached hydrogens (tertiary/aromatic N) is 2. The van der Waals surface area contributed by atoms with Crippen LogP contribution in [0.15, 0.2) is 0 Å². The minimum atomic E-state index is 0.559. The summed E-state index contributed by atoms with van der Waals surface area (Å²) in [4.78, 5) is 0. The van der Waals surface area contributed by atoms with Crippen molar-refractivity contribution in [3.05, 3.63) is 5.69 Å². The van der Waals surface area contributed by atoms with Crippen LogP contribution < -0.4 is 11.1 Å². The number of aryl methyl sites for hydroxylation is 2. The van der Waals surface area contributed by atoms with Crippen LogP contribution in [0.1, 0.15) is 18.5 Å². The average Bonchev–Trinajstić information content (AvgIpc) is 2.47. The van der Waals surface area contributed by atoms with E-state index < -0.39 is 0 Å². The molecule has 1 saturated heterocycles. The Bertz CT molecular complexity index is 341. The lowest BCUT2D eigenvalue weighted by molar-refractivity contribution is 0.649. The van der Waals surface area contributed by atoms with Crippen molar-refractivity contribution >= 4 is 23.3 Å². The molecule has 0 spiro atoms. The first-order valence-electron chi connectivity index (χ1n) is 5.32. The molecule has 15 heavy (non-hydrogen) atoms. The first-order chi connectivity index (χ1) is 7.18. The molecule has 1 aliphatic heterocycles. The Morgan fingerprint density at radius 2 is 2.13 bits per heavy atom. The molecule has 3 N–H and O–H groups in total. The van der Waals surface area contributed by atoms with Crippen LogP contribution in [0.2, 0.25) is 0 Å². The summed E-state index contributed by atoms with van der Waals surface area (Å²) in [5.41, 5.74) is 7.66. The summed E-state index contributed by atoms with van der Waals surface area (Å²) in [6.07, 6.45) is 2.43. The van der Waals surface area contributed by atoms with Crippen molar-refractivity contribution < 1.29 is 0 Å². The molecular formula is C10H18N4S. The zero-order valence-corrected chi connectivity index (χ0v) is 10.1. The number of aromatic nitrogens is 2. The Hall–Kier alpha value is -0.840. The van der Waals surface area contributed by atoms with E-state index in [0.717, 1.165) is 17.2 Å². The molecule has 0 amide bonds. The fraction of sp³-hybridized carbons (Fsp3) is 0.700. The first-order valence-corrected chi connectivity index (χ1v) is 6.47. The zero-order valence-electron chi connectivity index (χ0n) is 9.29. The molecule has 84 valence electrons. The van der Waals surface area contributed by atoms with Gasteiger partial charge in [-0.15, -0.1) is 0 Å². The first kappa shape index (κ1) is 10.7. The SMILES string of the molecule is Cc1nn(C)c(NC2CCSCC2)c1N. The number of nitrogens with one attached hydrogen (secondary N) is 1. The third-order valence-electron chi connectivity index (χ3n) is 2.83. The summed E-state index contributed by atoms with van der Waals surface area (Å²) < 4.78 is 1.84. The van der Waals surface area contributed by atoms with Crippen LogP contribution in [0.5, 0.6) is 0 Å². The van der Waals surface area contributed by atoms with Crippen LogP contribution in [0, 0.1) is 6.92 Å². The van der Waals surface area contributed by atoms with Crippen LogP contribution in [0.25, 0.3) is 0 Å². The highest BCUT2D eigenvalue weighted by atomic mass is 32.2. The average molecular weight is 226 g/mol. The molecule has 0 atom stereocenters. The molecule has 0 unspecified atom stereocenters. The van der Waals surface area contributed by atoms with Crippen LogP contribution in [-0.4, -0.2) is 27.3 Å². The third kappa shape index (κ3) is 2.22. The van der Waals surface area contributed by atoms with Gasteiger partial charge in [-0.3, -0.25) is 4.68 Å². The minimum absolute atomic E-state index is 0.559. The lowest BCUT2D eigenvalue weighted by atomic mass is 10.1. The maximum atomic E-state index is 5.97. The molecule has 2 heterocycles. The number of thioether (sulfide) groups is 1. The summed E-state index contributed by atoms with van der Waals surface area (Å²) in [5.74, 6) is 3.47. The van der Waals surface area contributed by atoms with Gasteiger partial charge in [-0.1, -0.05) is 0 Å². The summed E-state index contributed by atoms with van der Waals surface area (Å²) in [7, 11) is 1.93. The van der Waals surface area contributed by atoms with Crippen molar-refractivity contribution in [3.63, 3.8) is 0 Å². The molecule has 1 aliphatic rings. The van der Waals surface area contributed by atoms with Gasteiger partial charge in [-0.2, -0.15) is 16.9 Å². The van der Waals surface area contributed by atoms with Crippen molar-refractivity contribution in [2.24, 2.45) is 7.05 Å². The monoisotopic (exact) mass is 226 g/mol. The number of hydrogen-bond acceptors (Lipinski definition) is 4. The highest BCUT2D eigenvalue weighted by Crippen LogP contribution is 2.25. The van der Waals surface area contributed by atoms with Gasteiger partial charge in [-0.25, -0.2) is 0 Å². The Kier molecular flexibility index (Phi) is 3.09. The molecule has 1 aromatic heterocycles. The molecule has 0 aliphatic carbocycles. The highest BCUT2D eigenvalue weighted by molar-refractivity contribution is 7.99. The predicted molar refractivity (Wildman–Crippen MR) is 66.3 cm³/mol. The zero-order chi connectivity index (χ0) is 10.8. The molecule has 0 radical (unpaired) electrons. The van der Waals surface area contributed by atoms with Gasteiger partial charge in [0, 0.05) is 13.1 Å². The van der Waals surface area contributed by atoms with Gasteiger partial charge in [0.2, 0.25) is 0 Å². The number of hydrogen-bond donors (Lipinski definition) is 2. The molecule has 1 fully saturated rings. The number of nitrogens with two attached hydrogens (primary N) is 1. The Balaban J connectivity index is 2.09. The van der Waals surface area contributed by atoms with Crippen LogP contribution >= 0.6 is 11.8 Å². The molecule has 5 heteroatoms. The molecule has 0 saturated carbocycles. The Labute approximate surface area is 94.6 Å². The van der Waals surface area contributed by atoms with E-state index in [1.807, 2.05) is 30.4 Å². The van der Waals surface area contributed by atoms with Crippen molar-refractivity contribution in [2.45, 2.75) is 25.8 Å². The van der Waals surface area contributed by atoms with Gasteiger partial charge in [0.1, 0.15) is 5.82 Å². The van der Waals surface area contributed by atoms with Crippen LogP contribution in [-0.2, 0) is 7.05 Å². The summed E-state index contributed by atoms with van der Waals surface area (Å²) in [5, 5.41) is 7.80. The van der Waals surface area contributed by atoms with Crippen molar-refractivity contribution in [2.75, 3.05) is 22.6 Å². The largest absolute Gasteiger partial charge is 0.394 e. The van der Waals surface area contributed by atoms with E-state index in [1.54, 1.807) is 0 Å². The van der Waals surface area contributed by atoms with Gasteiger partial charge in [0.05, 0.1) is 11.4 Å². The fourth-order valence-electron chi connectivity index (χ4n) is 1.88. The Morgan fingerprint density at radius 1 is 1.47 bits per heavy atom. The second-order valence-electron chi connectivity index (χ2n) is 4.00. The molecule has 0 bridgehead atoms. The van der Waals surface area contributed by atoms with E-state index in [9.17, 15) is 0 Å². The van der Waals surface area contributed by atoms with Gasteiger partial charge in [-0.05, 0) is 31.3 Å². The molecule has 1 aromatic rings. The summed E-state index contributed by atoms with van der Waals surface area (Å²) in [6, 6.07) is 0.559. The van der Waals surface area contributed by atoms with E-state index in [4.69, 9.17) is 5.73 Å². The molecule has 0 aromatic carbocycles. The smallest absolute Gasteiger partial charge is 0.147 e. The van der Waals surface area contributed by atoms with Crippen LogP contribution in [0.3, 0.4) is 0 Å². The molecule has 4 nitrogen and oxygen atoms in total. The van der Waals surface area contributed by atoms with Gasteiger partial charge < -0.3 is 11.1 Å². The van der Waals surface area contributed by atoms with Crippen molar-refractivity contribution in [1.82, 2.24) is 9.78 Å². The van der Waals surface area contributed by atoms with Gasteiger partial charge >= 0.3 is 0 Å². The fourth-order valence-corrected chi connectivity index (χ4v) is 2.99. The summed E-state index contributed by atoms with van der Waals surface area (Å²) >= 11 is 2.03. The second kappa shape index (κ2) is 4.35. The van der Waals surface area contributed by atoms with E-state index in [1.165, 1.54) is 24.3 Å². The van der Waals surface area contributed by atoms with Crippen molar-refractivity contribution in [3.8, 4) is 0 Å². The van der Waals surface area contributed by atoms with E-state index in [2.05, 4.69) is 10.4 Å². The standard InChI is InChI=1S/C10H18N4S/c1-7-9(11)10(14(2)13-7)12-8-3-5-15-6-4-8/h8,12H,3-6,11H2,1-2H3. The maximum Gasteiger partial charge on any atom is 0.147 e. The van der Waals surface area contributed by atoms with E-state index in [-0.39, 0.29) is 0 Å². The van der Waals surface area contributed by atoms with Crippen LogP contribution in [0.4, 0.5) is 11.5 Å². The molecule has 2 rings (SSSR count). The van der Waals surface area contributed by atoms with E-state index >= 15 is 0 Å². The Morgan fingerprint density at radius 3 is 2.67 bits per heavy atom. The molecular weight excluding hydrogens is 208 g/mol. The number of anilines is 2.